The minimum absolute atomic E-state index is 0.0373. The fraction of sp³-hybridized carbons (Fsp3) is 0.933. The van der Waals surface area contributed by atoms with Crippen molar-refractivity contribution in [1.29, 1.82) is 0 Å². The monoisotopic (exact) mass is 269 g/mol. The summed E-state index contributed by atoms with van der Waals surface area (Å²) < 4.78 is 0. The summed E-state index contributed by atoms with van der Waals surface area (Å²) in [6.45, 7) is 10.4. The largest absolute Gasteiger partial charge is 0.353 e. The third-order valence-corrected chi connectivity index (χ3v) is 4.42. The Balaban J connectivity index is 2.67. The molecule has 0 unspecified atom stereocenters. The Bertz CT molecular complexity index is 283. The Hall–Kier alpha value is -0.610. The zero-order chi connectivity index (χ0) is 14.5. The lowest BCUT2D eigenvalue weighted by atomic mass is 9.76. The second-order valence-corrected chi connectivity index (χ2v) is 6.35. The Morgan fingerprint density at radius 3 is 2.42 bits per heavy atom. The van der Waals surface area contributed by atoms with Crippen LogP contribution in [0.15, 0.2) is 0 Å². The second-order valence-electron chi connectivity index (χ2n) is 6.35. The van der Waals surface area contributed by atoms with Crippen LogP contribution in [0.3, 0.4) is 0 Å². The maximum Gasteiger partial charge on any atom is 0.234 e. The third kappa shape index (κ3) is 4.46. The van der Waals surface area contributed by atoms with Crippen molar-refractivity contribution in [2.75, 3.05) is 19.6 Å². The summed E-state index contributed by atoms with van der Waals surface area (Å²) in [4.78, 5) is 14.3. The van der Waals surface area contributed by atoms with Crippen LogP contribution in [0.2, 0.25) is 0 Å². The molecule has 0 spiro atoms. The summed E-state index contributed by atoms with van der Waals surface area (Å²) in [5.41, 5.74) is 6.10. The molecule has 0 atom stereocenters. The van der Waals surface area contributed by atoms with Crippen molar-refractivity contribution in [3.8, 4) is 0 Å². The number of rotatable bonds is 6. The molecule has 1 amide bonds. The smallest absolute Gasteiger partial charge is 0.234 e. The van der Waals surface area contributed by atoms with Crippen molar-refractivity contribution in [3.63, 3.8) is 0 Å². The van der Waals surface area contributed by atoms with Gasteiger partial charge in [0.25, 0.3) is 0 Å². The second kappa shape index (κ2) is 7.25. The molecule has 0 bridgehead atoms. The lowest BCUT2D eigenvalue weighted by Crippen LogP contribution is -2.58. The van der Waals surface area contributed by atoms with Gasteiger partial charge in [0.2, 0.25) is 5.91 Å². The Kier molecular flexibility index (Phi) is 6.27. The standard InChI is InChI=1S/C15H31N3O/c1-5-18(10-14(19)17-12(2)3)15(11-16)8-6-13(4)7-9-15/h12-13H,5-11,16H2,1-4H3,(H,17,19). The van der Waals surface area contributed by atoms with E-state index in [4.69, 9.17) is 5.73 Å². The molecule has 4 nitrogen and oxygen atoms in total. The number of nitrogens with zero attached hydrogens (tertiary/aromatic N) is 1. The molecule has 3 N–H and O–H groups in total. The highest BCUT2D eigenvalue weighted by Gasteiger charge is 2.38. The number of nitrogens with one attached hydrogen (secondary N) is 1. The molecule has 112 valence electrons. The molecule has 0 heterocycles. The van der Waals surface area contributed by atoms with Crippen molar-refractivity contribution in [3.05, 3.63) is 0 Å². The van der Waals surface area contributed by atoms with Gasteiger partial charge in [-0.25, -0.2) is 0 Å². The van der Waals surface area contributed by atoms with Crippen LogP contribution in [0.5, 0.6) is 0 Å². The number of hydrogen-bond donors (Lipinski definition) is 2. The van der Waals surface area contributed by atoms with Crippen LogP contribution < -0.4 is 11.1 Å². The summed E-state index contributed by atoms with van der Waals surface area (Å²) in [5, 5.41) is 2.98. The number of carbonyl (C=O) groups is 1. The Labute approximate surface area is 118 Å². The molecule has 0 radical (unpaired) electrons. The maximum absolute atomic E-state index is 12.0. The van der Waals surface area contributed by atoms with Gasteiger partial charge in [-0.1, -0.05) is 13.8 Å². The van der Waals surface area contributed by atoms with E-state index < -0.39 is 0 Å². The van der Waals surface area contributed by atoms with Crippen LogP contribution in [0.1, 0.15) is 53.4 Å². The van der Waals surface area contributed by atoms with Crippen LogP contribution in [0, 0.1) is 5.92 Å². The maximum atomic E-state index is 12.0. The zero-order valence-electron chi connectivity index (χ0n) is 13.0. The lowest BCUT2D eigenvalue weighted by molar-refractivity contribution is -0.124. The van der Waals surface area contributed by atoms with E-state index in [0.717, 1.165) is 25.3 Å². The molecule has 4 heteroatoms. The molecule has 1 aliphatic rings. The molecular formula is C15H31N3O. The van der Waals surface area contributed by atoms with Gasteiger partial charge in [-0.15, -0.1) is 0 Å². The molecule has 0 aromatic heterocycles. The zero-order valence-corrected chi connectivity index (χ0v) is 13.0. The molecule has 0 aromatic rings. The molecule has 1 rings (SSSR count). The van der Waals surface area contributed by atoms with E-state index in [2.05, 4.69) is 24.1 Å². The van der Waals surface area contributed by atoms with E-state index in [9.17, 15) is 4.79 Å². The van der Waals surface area contributed by atoms with Gasteiger partial charge in [-0.3, -0.25) is 9.69 Å². The first-order valence-corrected chi connectivity index (χ1v) is 7.68. The van der Waals surface area contributed by atoms with Gasteiger partial charge in [0.05, 0.1) is 6.54 Å². The topological polar surface area (TPSA) is 58.4 Å². The number of carbonyl (C=O) groups excluding carboxylic acids is 1. The number of nitrogens with two attached hydrogens (primary N) is 1. The first-order chi connectivity index (χ1) is 8.93. The van der Waals surface area contributed by atoms with Gasteiger partial charge in [0.15, 0.2) is 0 Å². The predicted molar refractivity (Wildman–Crippen MR) is 79.9 cm³/mol. The first-order valence-electron chi connectivity index (χ1n) is 7.68. The van der Waals surface area contributed by atoms with E-state index in [1.165, 1.54) is 12.8 Å². The highest BCUT2D eigenvalue weighted by Crippen LogP contribution is 2.35. The average molecular weight is 269 g/mol. The summed E-state index contributed by atoms with van der Waals surface area (Å²) in [7, 11) is 0. The molecule has 19 heavy (non-hydrogen) atoms. The van der Waals surface area contributed by atoms with E-state index in [-0.39, 0.29) is 17.5 Å². The summed E-state index contributed by atoms with van der Waals surface area (Å²) >= 11 is 0. The molecule has 0 aromatic carbocycles. The highest BCUT2D eigenvalue weighted by molar-refractivity contribution is 5.78. The Morgan fingerprint density at radius 1 is 1.42 bits per heavy atom. The molecule has 1 aliphatic carbocycles. The first kappa shape index (κ1) is 16.4. The fourth-order valence-electron chi connectivity index (χ4n) is 3.10. The fourth-order valence-corrected chi connectivity index (χ4v) is 3.10. The normalized spacial score (nSPS) is 27.8. The van der Waals surface area contributed by atoms with E-state index in [1.54, 1.807) is 0 Å². The molecule has 0 saturated heterocycles. The summed E-state index contributed by atoms with van der Waals surface area (Å²) in [5.74, 6) is 0.908. The quantitative estimate of drug-likeness (QED) is 0.772. The van der Waals surface area contributed by atoms with Crippen molar-refractivity contribution in [1.82, 2.24) is 10.2 Å². The van der Waals surface area contributed by atoms with Gasteiger partial charge in [-0.2, -0.15) is 0 Å². The molecule has 0 aliphatic heterocycles. The highest BCUT2D eigenvalue weighted by atomic mass is 16.2. The van der Waals surface area contributed by atoms with E-state index >= 15 is 0 Å². The van der Waals surface area contributed by atoms with Gasteiger partial charge >= 0.3 is 0 Å². The van der Waals surface area contributed by atoms with Crippen LogP contribution in [0.25, 0.3) is 0 Å². The van der Waals surface area contributed by atoms with Crippen LogP contribution in [-0.2, 0) is 4.79 Å². The van der Waals surface area contributed by atoms with E-state index in [1.807, 2.05) is 13.8 Å². The predicted octanol–water partition coefficient (Wildman–Crippen LogP) is 1.74. The number of hydrogen-bond acceptors (Lipinski definition) is 3. The lowest BCUT2D eigenvalue weighted by Gasteiger charge is -2.46. The van der Waals surface area contributed by atoms with Crippen molar-refractivity contribution in [2.45, 2.75) is 65.0 Å². The third-order valence-electron chi connectivity index (χ3n) is 4.42. The number of amides is 1. The summed E-state index contributed by atoms with van der Waals surface area (Å²) in [6, 6.07) is 0.200. The van der Waals surface area contributed by atoms with Gasteiger partial charge < -0.3 is 11.1 Å². The molecular weight excluding hydrogens is 238 g/mol. The van der Waals surface area contributed by atoms with Gasteiger partial charge in [0, 0.05) is 18.1 Å². The number of likely N-dealkylation sites (N-methyl/N-ethyl adjacent to an activating group) is 1. The van der Waals surface area contributed by atoms with Gasteiger partial charge in [0.1, 0.15) is 0 Å². The summed E-state index contributed by atoms with van der Waals surface area (Å²) in [6.07, 6.45) is 4.68. The van der Waals surface area contributed by atoms with Crippen molar-refractivity contribution in [2.24, 2.45) is 11.7 Å². The van der Waals surface area contributed by atoms with Crippen LogP contribution >= 0.6 is 0 Å². The van der Waals surface area contributed by atoms with Crippen molar-refractivity contribution < 1.29 is 4.79 Å². The molecule has 1 saturated carbocycles. The van der Waals surface area contributed by atoms with Crippen LogP contribution in [0.4, 0.5) is 0 Å². The van der Waals surface area contributed by atoms with Gasteiger partial charge in [-0.05, 0) is 52.0 Å². The molecule has 1 fully saturated rings. The SMILES string of the molecule is CCN(CC(=O)NC(C)C)C1(CN)CCC(C)CC1. The average Bonchev–Trinajstić information content (AvgIpc) is 2.37. The Morgan fingerprint density at radius 2 is 2.00 bits per heavy atom. The minimum Gasteiger partial charge on any atom is -0.353 e. The minimum atomic E-state index is 0.0373. The van der Waals surface area contributed by atoms with Crippen molar-refractivity contribution >= 4 is 5.91 Å². The van der Waals surface area contributed by atoms with E-state index in [0.29, 0.717) is 13.1 Å². The van der Waals surface area contributed by atoms with Crippen LogP contribution in [-0.4, -0.2) is 42.0 Å².